The van der Waals surface area contributed by atoms with Crippen LogP contribution in [0.2, 0.25) is 0 Å². The van der Waals surface area contributed by atoms with Crippen molar-refractivity contribution in [2.75, 3.05) is 6.26 Å². The molecule has 1 atom stereocenters. The fourth-order valence-electron chi connectivity index (χ4n) is 1.71. The normalized spacial score (nSPS) is 13.4. The van der Waals surface area contributed by atoms with Gasteiger partial charge in [-0.25, -0.2) is 8.42 Å². The third-order valence-electron chi connectivity index (χ3n) is 2.89. The van der Waals surface area contributed by atoms with Gasteiger partial charge in [-0.05, 0) is 24.6 Å². The SMILES string of the molecule is CC(NCc1ccon1)c1ccc(S(C)(=O)=O)cc1. The summed E-state index contributed by atoms with van der Waals surface area (Å²) >= 11 is 0. The Hall–Kier alpha value is -1.66. The highest BCUT2D eigenvalue weighted by Gasteiger charge is 2.09. The minimum absolute atomic E-state index is 0.102. The average molecular weight is 280 g/mol. The van der Waals surface area contributed by atoms with Crippen LogP contribution in [-0.4, -0.2) is 19.8 Å². The van der Waals surface area contributed by atoms with Crippen molar-refractivity contribution in [1.82, 2.24) is 10.5 Å². The standard InChI is InChI=1S/C13H16N2O3S/c1-10(14-9-12-7-8-18-15-12)11-3-5-13(6-4-11)19(2,16)17/h3-8,10,14H,9H2,1-2H3. The highest BCUT2D eigenvalue weighted by atomic mass is 32.2. The minimum atomic E-state index is -3.14. The molecule has 2 rings (SSSR count). The van der Waals surface area contributed by atoms with Crippen molar-refractivity contribution in [2.45, 2.75) is 24.4 Å². The zero-order valence-electron chi connectivity index (χ0n) is 10.8. The van der Waals surface area contributed by atoms with Gasteiger partial charge in [-0.3, -0.25) is 0 Å². The first-order valence-corrected chi connectivity index (χ1v) is 7.78. The lowest BCUT2D eigenvalue weighted by molar-refractivity contribution is 0.406. The fourth-order valence-corrected chi connectivity index (χ4v) is 2.34. The molecule has 1 heterocycles. The van der Waals surface area contributed by atoms with E-state index in [1.54, 1.807) is 18.2 Å². The van der Waals surface area contributed by atoms with Crippen molar-refractivity contribution >= 4 is 9.84 Å². The summed E-state index contributed by atoms with van der Waals surface area (Å²) in [5.74, 6) is 0. The Bertz CT molecular complexity index is 618. The fraction of sp³-hybridized carbons (Fsp3) is 0.308. The summed E-state index contributed by atoms with van der Waals surface area (Å²) in [6, 6.07) is 8.78. The summed E-state index contributed by atoms with van der Waals surface area (Å²) in [7, 11) is -3.14. The van der Waals surface area contributed by atoms with Crippen LogP contribution >= 0.6 is 0 Å². The molecule has 1 aromatic carbocycles. The smallest absolute Gasteiger partial charge is 0.175 e. The first-order chi connectivity index (χ1) is 8.97. The summed E-state index contributed by atoms with van der Waals surface area (Å²) < 4.78 is 27.5. The first-order valence-electron chi connectivity index (χ1n) is 5.89. The minimum Gasteiger partial charge on any atom is -0.364 e. The molecule has 19 heavy (non-hydrogen) atoms. The second-order valence-corrected chi connectivity index (χ2v) is 6.45. The van der Waals surface area contributed by atoms with Gasteiger partial charge < -0.3 is 9.84 Å². The molecule has 0 saturated heterocycles. The lowest BCUT2D eigenvalue weighted by atomic mass is 10.1. The molecule has 0 fully saturated rings. The van der Waals surface area contributed by atoms with Gasteiger partial charge in [-0.1, -0.05) is 17.3 Å². The Balaban J connectivity index is 2.01. The van der Waals surface area contributed by atoms with E-state index in [1.165, 1.54) is 12.5 Å². The van der Waals surface area contributed by atoms with Crippen LogP contribution in [0, 0.1) is 0 Å². The predicted octanol–water partition coefficient (Wildman–Crippen LogP) is 1.93. The second kappa shape index (κ2) is 5.54. The molecule has 0 radical (unpaired) electrons. The van der Waals surface area contributed by atoms with Gasteiger partial charge >= 0.3 is 0 Å². The van der Waals surface area contributed by atoms with Gasteiger partial charge in [-0.2, -0.15) is 0 Å². The lowest BCUT2D eigenvalue weighted by Crippen LogP contribution is -2.18. The number of rotatable bonds is 5. The topological polar surface area (TPSA) is 72.2 Å². The number of nitrogens with one attached hydrogen (secondary N) is 1. The van der Waals surface area contributed by atoms with Crippen LogP contribution in [0.25, 0.3) is 0 Å². The summed E-state index contributed by atoms with van der Waals surface area (Å²) in [6.45, 7) is 2.61. The Labute approximate surface area is 112 Å². The lowest BCUT2D eigenvalue weighted by Gasteiger charge is -2.13. The summed E-state index contributed by atoms with van der Waals surface area (Å²) in [5, 5.41) is 7.10. The molecule has 0 bridgehead atoms. The Morgan fingerprint density at radius 1 is 1.26 bits per heavy atom. The molecule has 1 N–H and O–H groups in total. The Kier molecular flexibility index (Phi) is 4.01. The predicted molar refractivity (Wildman–Crippen MR) is 71.3 cm³/mol. The molecule has 5 nitrogen and oxygen atoms in total. The maximum Gasteiger partial charge on any atom is 0.175 e. The van der Waals surface area contributed by atoms with E-state index in [9.17, 15) is 8.42 Å². The molecule has 1 aromatic heterocycles. The molecule has 0 aliphatic rings. The molecule has 2 aromatic rings. The number of sulfone groups is 1. The van der Waals surface area contributed by atoms with Gasteiger partial charge in [0.05, 0.1) is 10.6 Å². The quantitative estimate of drug-likeness (QED) is 0.906. The van der Waals surface area contributed by atoms with Gasteiger partial charge in [0.2, 0.25) is 0 Å². The molecule has 0 aliphatic heterocycles. The van der Waals surface area contributed by atoms with Crippen LogP contribution in [0.15, 0.2) is 46.0 Å². The van der Waals surface area contributed by atoms with Gasteiger partial charge in [0.15, 0.2) is 9.84 Å². The van der Waals surface area contributed by atoms with Gasteiger partial charge in [-0.15, -0.1) is 0 Å². The molecular weight excluding hydrogens is 264 g/mol. The largest absolute Gasteiger partial charge is 0.364 e. The van der Waals surface area contributed by atoms with Crippen molar-refractivity contribution in [2.24, 2.45) is 0 Å². The van der Waals surface area contributed by atoms with Gasteiger partial charge in [0.25, 0.3) is 0 Å². The van der Waals surface area contributed by atoms with Crippen LogP contribution in [0.1, 0.15) is 24.2 Å². The first kappa shape index (κ1) is 13.8. The van der Waals surface area contributed by atoms with Crippen molar-refractivity contribution < 1.29 is 12.9 Å². The Morgan fingerprint density at radius 2 is 1.95 bits per heavy atom. The van der Waals surface area contributed by atoms with Crippen LogP contribution in [0.3, 0.4) is 0 Å². The van der Waals surface area contributed by atoms with E-state index >= 15 is 0 Å². The van der Waals surface area contributed by atoms with E-state index in [0.717, 1.165) is 11.3 Å². The van der Waals surface area contributed by atoms with Gasteiger partial charge in [0, 0.05) is 24.9 Å². The molecule has 102 valence electrons. The third-order valence-corrected chi connectivity index (χ3v) is 4.02. The Morgan fingerprint density at radius 3 is 2.47 bits per heavy atom. The van der Waals surface area contributed by atoms with E-state index in [4.69, 9.17) is 4.52 Å². The number of hydrogen-bond acceptors (Lipinski definition) is 5. The van der Waals surface area contributed by atoms with Gasteiger partial charge in [0.1, 0.15) is 6.26 Å². The van der Waals surface area contributed by atoms with Crippen molar-refractivity contribution in [3.8, 4) is 0 Å². The monoisotopic (exact) mass is 280 g/mol. The third kappa shape index (κ3) is 3.65. The van der Waals surface area contributed by atoms with Crippen molar-refractivity contribution in [3.63, 3.8) is 0 Å². The van der Waals surface area contributed by atoms with Crippen molar-refractivity contribution in [3.05, 3.63) is 47.9 Å². The van der Waals surface area contributed by atoms with E-state index < -0.39 is 9.84 Å². The summed E-state index contributed by atoms with van der Waals surface area (Å²) in [6.07, 6.45) is 2.73. The second-order valence-electron chi connectivity index (χ2n) is 4.43. The van der Waals surface area contributed by atoms with E-state index in [-0.39, 0.29) is 6.04 Å². The van der Waals surface area contributed by atoms with E-state index in [2.05, 4.69) is 10.5 Å². The summed E-state index contributed by atoms with van der Waals surface area (Å²) in [5.41, 5.74) is 1.86. The molecule has 0 spiro atoms. The molecule has 0 saturated carbocycles. The van der Waals surface area contributed by atoms with Crippen LogP contribution < -0.4 is 5.32 Å². The number of aromatic nitrogens is 1. The average Bonchev–Trinajstić information content (AvgIpc) is 2.88. The number of nitrogens with zero attached hydrogens (tertiary/aromatic N) is 1. The van der Waals surface area contributed by atoms with Crippen LogP contribution in [-0.2, 0) is 16.4 Å². The maximum absolute atomic E-state index is 11.4. The number of benzene rings is 1. The van der Waals surface area contributed by atoms with Crippen LogP contribution in [0.4, 0.5) is 0 Å². The zero-order chi connectivity index (χ0) is 13.9. The molecule has 0 aliphatic carbocycles. The van der Waals surface area contributed by atoms with E-state index in [0.29, 0.717) is 11.4 Å². The van der Waals surface area contributed by atoms with Crippen LogP contribution in [0.5, 0.6) is 0 Å². The number of hydrogen-bond donors (Lipinski definition) is 1. The zero-order valence-corrected chi connectivity index (χ0v) is 11.6. The highest BCUT2D eigenvalue weighted by Crippen LogP contribution is 2.16. The van der Waals surface area contributed by atoms with Crippen molar-refractivity contribution in [1.29, 1.82) is 0 Å². The maximum atomic E-state index is 11.4. The molecular formula is C13H16N2O3S. The molecule has 0 amide bonds. The molecule has 6 heteroatoms. The van der Waals surface area contributed by atoms with E-state index in [1.807, 2.05) is 19.1 Å². The molecule has 1 unspecified atom stereocenters. The summed E-state index contributed by atoms with van der Waals surface area (Å²) in [4.78, 5) is 0.333. The highest BCUT2D eigenvalue weighted by molar-refractivity contribution is 7.90.